The van der Waals surface area contributed by atoms with Crippen molar-refractivity contribution < 1.29 is 18.1 Å². The van der Waals surface area contributed by atoms with Crippen LogP contribution in [-0.4, -0.2) is 32.5 Å². The first-order chi connectivity index (χ1) is 10.8. The Morgan fingerprint density at radius 2 is 1.96 bits per heavy atom. The highest BCUT2D eigenvalue weighted by Crippen LogP contribution is 2.29. The van der Waals surface area contributed by atoms with Gasteiger partial charge in [-0.25, -0.2) is 13.1 Å². The molecule has 10 heteroatoms. The highest BCUT2D eigenvalue weighted by atomic mass is 35.5. The Morgan fingerprint density at radius 1 is 1.33 bits per heavy atom. The van der Waals surface area contributed by atoms with E-state index in [9.17, 15) is 18.5 Å². The van der Waals surface area contributed by atoms with Crippen molar-refractivity contribution in [3.63, 3.8) is 0 Å². The fourth-order valence-corrected chi connectivity index (χ4v) is 4.03. The molecular weight excluding hydrogens is 358 g/mol. The molecule has 1 aliphatic rings. The predicted octanol–water partition coefficient (Wildman–Crippen LogP) is 1.97. The van der Waals surface area contributed by atoms with Gasteiger partial charge < -0.3 is 10.5 Å². The summed E-state index contributed by atoms with van der Waals surface area (Å²) in [4.78, 5) is 10.0. The fraction of sp³-hybridized carbons (Fsp3) is 0.571. The predicted molar refractivity (Wildman–Crippen MR) is 92.1 cm³/mol. The van der Waals surface area contributed by atoms with Crippen molar-refractivity contribution in [3.05, 3.63) is 28.3 Å². The van der Waals surface area contributed by atoms with Crippen LogP contribution in [0.1, 0.15) is 32.1 Å². The lowest BCUT2D eigenvalue weighted by Gasteiger charge is -2.33. The van der Waals surface area contributed by atoms with Gasteiger partial charge in [0.25, 0.3) is 5.69 Å². The third-order valence-electron chi connectivity index (χ3n) is 4.11. The number of rotatable bonds is 6. The number of sulfonamides is 1. The van der Waals surface area contributed by atoms with Gasteiger partial charge in [0.1, 0.15) is 10.6 Å². The zero-order valence-electron chi connectivity index (χ0n) is 13.4. The van der Waals surface area contributed by atoms with Gasteiger partial charge in [0.2, 0.25) is 10.0 Å². The Kier molecular flexibility index (Phi) is 6.97. The molecular formula is C14H22ClN3O5S. The smallest absolute Gasteiger partial charge is 0.273 e. The van der Waals surface area contributed by atoms with Gasteiger partial charge in [0, 0.05) is 18.2 Å². The summed E-state index contributed by atoms with van der Waals surface area (Å²) < 4.78 is 32.4. The van der Waals surface area contributed by atoms with Gasteiger partial charge in [-0.3, -0.25) is 10.1 Å². The maximum absolute atomic E-state index is 12.5. The molecule has 0 atom stereocenters. The molecule has 24 heavy (non-hydrogen) atoms. The Labute approximate surface area is 147 Å². The first kappa shape index (κ1) is 20.6. The van der Waals surface area contributed by atoms with Crippen molar-refractivity contribution in [1.82, 2.24) is 4.72 Å². The topological polar surface area (TPSA) is 125 Å². The largest absolute Gasteiger partial charge is 0.495 e. The monoisotopic (exact) mass is 379 g/mol. The number of ether oxygens (including phenoxy) is 1. The minimum absolute atomic E-state index is 0. The lowest BCUT2D eigenvalue weighted by molar-refractivity contribution is -0.385. The van der Waals surface area contributed by atoms with Crippen LogP contribution in [0.4, 0.5) is 5.69 Å². The molecule has 0 saturated heterocycles. The summed E-state index contributed by atoms with van der Waals surface area (Å²) >= 11 is 0. The summed E-state index contributed by atoms with van der Waals surface area (Å²) in [5.41, 5.74) is 5.46. The van der Waals surface area contributed by atoms with E-state index in [0.717, 1.165) is 44.2 Å². The van der Waals surface area contributed by atoms with Crippen LogP contribution in [0, 0.1) is 10.1 Å². The molecule has 0 bridgehead atoms. The van der Waals surface area contributed by atoms with E-state index in [2.05, 4.69) is 4.72 Å². The van der Waals surface area contributed by atoms with E-state index in [0.29, 0.717) is 0 Å². The number of non-ortho nitro benzene ring substituents is 1. The van der Waals surface area contributed by atoms with E-state index < -0.39 is 20.5 Å². The lowest BCUT2D eigenvalue weighted by Crippen LogP contribution is -2.51. The number of hydrogen-bond donors (Lipinski definition) is 2. The van der Waals surface area contributed by atoms with Crippen molar-refractivity contribution in [2.75, 3.05) is 13.7 Å². The number of hydrogen-bond acceptors (Lipinski definition) is 6. The van der Waals surface area contributed by atoms with Crippen LogP contribution in [-0.2, 0) is 10.0 Å². The summed E-state index contributed by atoms with van der Waals surface area (Å²) in [6.45, 7) is 0.134. The van der Waals surface area contributed by atoms with E-state index in [1.165, 1.54) is 13.2 Å². The van der Waals surface area contributed by atoms with Gasteiger partial charge in [-0.2, -0.15) is 0 Å². The maximum atomic E-state index is 12.5. The van der Waals surface area contributed by atoms with E-state index >= 15 is 0 Å². The Morgan fingerprint density at radius 3 is 2.50 bits per heavy atom. The minimum atomic E-state index is -3.86. The van der Waals surface area contributed by atoms with Crippen LogP contribution >= 0.6 is 12.4 Å². The van der Waals surface area contributed by atoms with E-state index in [4.69, 9.17) is 10.5 Å². The van der Waals surface area contributed by atoms with Crippen LogP contribution < -0.4 is 15.2 Å². The van der Waals surface area contributed by atoms with Crippen LogP contribution in [0.15, 0.2) is 23.1 Å². The zero-order chi connectivity index (χ0) is 17.1. The molecule has 8 nitrogen and oxygen atoms in total. The molecule has 1 saturated carbocycles. The van der Waals surface area contributed by atoms with Gasteiger partial charge in [-0.1, -0.05) is 19.3 Å². The molecule has 0 radical (unpaired) electrons. The summed E-state index contributed by atoms with van der Waals surface area (Å²) in [5.74, 6) is -0.0681. The molecule has 1 aromatic rings. The SMILES string of the molecule is COc1cc([N+](=O)[O-])ccc1S(=O)(=O)NCC1(N)CCCCC1.Cl. The van der Waals surface area contributed by atoms with Gasteiger partial charge in [0.05, 0.1) is 18.1 Å². The molecule has 136 valence electrons. The number of methoxy groups -OCH3 is 1. The number of nitro groups is 1. The van der Waals surface area contributed by atoms with Crippen LogP contribution in [0.3, 0.4) is 0 Å². The van der Waals surface area contributed by atoms with Crippen molar-refractivity contribution in [2.45, 2.75) is 42.5 Å². The van der Waals surface area contributed by atoms with Crippen LogP contribution in [0.25, 0.3) is 0 Å². The number of benzene rings is 1. The molecule has 1 aromatic carbocycles. The Hall–Kier alpha value is -1.42. The minimum Gasteiger partial charge on any atom is -0.495 e. The molecule has 0 unspecified atom stereocenters. The second-order valence-corrected chi connectivity index (χ2v) is 7.58. The van der Waals surface area contributed by atoms with Crippen LogP contribution in [0.5, 0.6) is 5.75 Å². The lowest BCUT2D eigenvalue weighted by atomic mass is 9.83. The fourth-order valence-electron chi connectivity index (χ4n) is 2.74. The number of nitrogens with zero attached hydrogens (tertiary/aromatic N) is 1. The Bertz CT molecular complexity index is 690. The van der Waals surface area contributed by atoms with Gasteiger partial charge in [-0.05, 0) is 18.9 Å². The second kappa shape index (κ2) is 8.11. The molecule has 0 heterocycles. The molecule has 0 amide bonds. The summed E-state index contributed by atoms with van der Waals surface area (Å²) in [6.07, 6.45) is 4.62. The Balaban J connectivity index is 0.00000288. The molecule has 3 N–H and O–H groups in total. The van der Waals surface area contributed by atoms with Gasteiger partial charge in [0.15, 0.2) is 0 Å². The van der Waals surface area contributed by atoms with Crippen LogP contribution in [0.2, 0.25) is 0 Å². The van der Waals surface area contributed by atoms with Crippen molar-refractivity contribution in [1.29, 1.82) is 0 Å². The molecule has 0 spiro atoms. The number of halogens is 1. The highest BCUT2D eigenvalue weighted by molar-refractivity contribution is 7.89. The molecule has 0 aliphatic heterocycles. The molecule has 1 fully saturated rings. The summed E-state index contributed by atoms with van der Waals surface area (Å²) in [7, 11) is -2.59. The first-order valence-electron chi connectivity index (χ1n) is 7.38. The number of nitrogens with one attached hydrogen (secondary N) is 1. The quantitative estimate of drug-likeness (QED) is 0.575. The standard InChI is InChI=1S/C14H21N3O5S.ClH/c1-22-12-9-11(17(18)19)5-6-13(12)23(20,21)16-10-14(15)7-3-2-4-8-14;/h5-6,9,16H,2-4,7-8,10,15H2,1H3;1H. The summed E-state index contributed by atoms with van der Waals surface area (Å²) in [6, 6.07) is 3.40. The summed E-state index contributed by atoms with van der Waals surface area (Å²) in [5, 5.41) is 10.8. The average molecular weight is 380 g/mol. The highest BCUT2D eigenvalue weighted by Gasteiger charge is 2.30. The number of nitro benzene ring substituents is 1. The zero-order valence-corrected chi connectivity index (χ0v) is 15.0. The third kappa shape index (κ3) is 4.79. The molecule has 2 rings (SSSR count). The van der Waals surface area contributed by atoms with Gasteiger partial charge in [-0.15, -0.1) is 12.4 Å². The van der Waals surface area contributed by atoms with Crippen molar-refractivity contribution in [2.24, 2.45) is 5.73 Å². The van der Waals surface area contributed by atoms with E-state index in [1.807, 2.05) is 0 Å². The third-order valence-corrected chi connectivity index (χ3v) is 5.55. The normalized spacial score (nSPS) is 16.9. The van der Waals surface area contributed by atoms with Crippen molar-refractivity contribution in [3.8, 4) is 5.75 Å². The molecule has 0 aromatic heterocycles. The van der Waals surface area contributed by atoms with Crippen molar-refractivity contribution >= 4 is 28.1 Å². The number of nitrogens with two attached hydrogens (primary N) is 1. The van der Waals surface area contributed by atoms with E-state index in [1.54, 1.807) is 0 Å². The van der Waals surface area contributed by atoms with Gasteiger partial charge >= 0.3 is 0 Å². The first-order valence-corrected chi connectivity index (χ1v) is 8.87. The molecule has 1 aliphatic carbocycles. The van der Waals surface area contributed by atoms with E-state index in [-0.39, 0.29) is 35.3 Å². The second-order valence-electron chi connectivity index (χ2n) is 5.84. The maximum Gasteiger partial charge on any atom is 0.273 e. The average Bonchev–Trinajstić information content (AvgIpc) is 2.53.